The first-order chi connectivity index (χ1) is 8.88. The molecule has 0 spiro atoms. The Bertz CT molecular complexity index is 295. The zero-order valence-corrected chi connectivity index (χ0v) is 13.8. The van der Waals surface area contributed by atoms with Crippen molar-refractivity contribution in [2.45, 2.75) is 20.4 Å². The third kappa shape index (κ3) is 5.67. The van der Waals surface area contributed by atoms with E-state index in [0.717, 1.165) is 6.54 Å². The first-order valence-corrected chi connectivity index (χ1v) is 8.45. The molecule has 1 fully saturated rings. The molecule has 0 N–H and O–H groups in total. The minimum Gasteiger partial charge on any atom is -0.300 e. The van der Waals surface area contributed by atoms with Crippen molar-refractivity contribution in [1.29, 1.82) is 0 Å². The van der Waals surface area contributed by atoms with E-state index in [1.54, 1.807) is 0 Å². The molecule has 0 radical (unpaired) electrons. The topological polar surface area (TPSA) is 6.48 Å². The van der Waals surface area contributed by atoms with Crippen LogP contribution < -0.4 is 0 Å². The van der Waals surface area contributed by atoms with Crippen LogP contribution in [-0.4, -0.2) is 47.0 Å². The number of benzene rings is 1. The van der Waals surface area contributed by atoms with Crippen LogP contribution in [0.2, 0.25) is 0 Å². The predicted octanol–water partition coefficient (Wildman–Crippen LogP) is 3.27. The smallest absolute Gasteiger partial charge is 0.0234 e. The van der Waals surface area contributed by atoms with Crippen LogP contribution in [0.15, 0.2) is 30.3 Å². The summed E-state index contributed by atoms with van der Waals surface area (Å²) in [5.41, 5.74) is 1.44. The molecule has 2 rings (SSSR count). The van der Waals surface area contributed by atoms with E-state index in [-0.39, 0.29) is 0 Å². The molecule has 0 unspecified atom stereocenters. The number of hydrogen-bond donors (Lipinski definition) is 0. The molecule has 1 heterocycles. The molecule has 0 atom stereocenters. The Hall–Kier alpha value is -0.130. The largest absolute Gasteiger partial charge is 0.300 e. The van der Waals surface area contributed by atoms with Crippen molar-refractivity contribution in [3.8, 4) is 0 Å². The van der Waals surface area contributed by atoms with Gasteiger partial charge in [0.15, 0.2) is 0 Å². The highest BCUT2D eigenvalue weighted by Gasteiger charge is 2.15. The van der Waals surface area contributed by atoms with E-state index in [9.17, 15) is 0 Å². The molecule has 0 amide bonds. The van der Waals surface area contributed by atoms with E-state index in [1.807, 2.05) is 13.8 Å². The Balaban J connectivity index is 0.000000771. The maximum absolute atomic E-state index is 2.56. The minimum atomic E-state index is 1.11. The first-order valence-electron chi connectivity index (χ1n) is 6.93. The minimum absolute atomic E-state index is 1.11. The van der Waals surface area contributed by atoms with Gasteiger partial charge in [-0.3, -0.25) is 4.90 Å². The highest BCUT2D eigenvalue weighted by molar-refractivity contribution is 14.1. The summed E-state index contributed by atoms with van der Waals surface area (Å²) in [5, 5.41) is 0. The van der Waals surface area contributed by atoms with Crippen LogP contribution in [0.3, 0.4) is 0 Å². The van der Waals surface area contributed by atoms with Crippen LogP contribution in [0.4, 0.5) is 0 Å². The zero-order valence-electron chi connectivity index (χ0n) is 11.6. The highest BCUT2D eigenvalue weighted by Crippen LogP contribution is 2.08. The zero-order chi connectivity index (χ0) is 13.2. The molecule has 1 aromatic carbocycles. The molecule has 0 aliphatic carbocycles. The van der Waals surface area contributed by atoms with Crippen LogP contribution in [0, 0.1) is 0 Å². The monoisotopic (exact) mass is 360 g/mol. The van der Waals surface area contributed by atoms with E-state index >= 15 is 0 Å². The van der Waals surface area contributed by atoms with E-state index in [4.69, 9.17) is 0 Å². The lowest BCUT2D eigenvalue weighted by Crippen LogP contribution is -2.46. The molecule has 0 aromatic heterocycles. The fraction of sp³-hybridized carbons (Fsp3) is 0.600. The fourth-order valence-corrected chi connectivity index (χ4v) is 2.81. The Morgan fingerprint density at radius 1 is 0.944 bits per heavy atom. The fourth-order valence-electron chi connectivity index (χ4n) is 2.13. The summed E-state index contributed by atoms with van der Waals surface area (Å²) in [6, 6.07) is 10.8. The summed E-state index contributed by atoms with van der Waals surface area (Å²) in [7, 11) is 0. The van der Waals surface area contributed by atoms with Crippen LogP contribution in [0.5, 0.6) is 0 Å². The van der Waals surface area contributed by atoms with Crippen molar-refractivity contribution in [3.63, 3.8) is 0 Å². The summed E-state index contributed by atoms with van der Waals surface area (Å²) in [5.74, 6) is 0. The van der Waals surface area contributed by atoms with Gasteiger partial charge in [0.05, 0.1) is 0 Å². The second-order valence-electron chi connectivity index (χ2n) is 4.29. The molecule has 1 saturated heterocycles. The predicted molar refractivity (Wildman–Crippen MR) is 88.4 cm³/mol. The van der Waals surface area contributed by atoms with Gasteiger partial charge >= 0.3 is 0 Å². The van der Waals surface area contributed by atoms with Gasteiger partial charge in [-0.1, -0.05) is 66.8 Å². The second-order valence-corrected chi connectivity index (χ2v) is 5.37. The standard InChI is InChI=1S/C13H19IN2.C2H6/c14-6-7-15-8-10-16(11-9-15)12-13-4-2-1-3-5-13;1-2/h1-5H,6-12H2;1-2H3. The third-order valence-electron chi connectivity index (χ3n) is 3.11. The average Bonchev–Trinajstić information content (AvgIpc) is 2.45. The lowest BCUT2D eigenvalue weighted by atomic mass is 10.2. The summed E-state index contributed by atoms with van der Waals surface area (Å²) >= 11 is 2.46. The van der Waals surface area contributed by atoms with Gasteiger partial charge in [0.2, 0.25) is 0 Å². The van der Waals surface area contributed by atoms with Crippen LogP contribution in [0.25, 0.3) is 0 Å². The van der Waals surface area contributed by atoms with Gasteiger partial charge in [0, 0.05) is 43.7 Å². The van der Waals surface area contributed by atoms with Gasteiger partial charge in [-0.25, -0.2) is 0 Å². The number of piperazine rings is 1. The number of alkyl halides is 1. The van der Waals surface area contributed by atoms with Crippen LogP contribution >= 0.6 is 22.6 Å². The van der Waals surface area contributed by atoms with Gasteiger partial charge in [-0.15, -0.1) is 0 Å². The maximum Gasteiger partial charge on any atom is 0.0234 e. The lowest BCUT2D eigenvalue weighted by molar-refractivity contribution is 0.133. The molecule has 3 heteroatoms. The van der Waals surface area contributed by atoms with Crippen molar-refractivity contribution in [2.24, 2.45) is 0 Å². The summed E-state index contributed by atoms with van der Waals surface area (Å²) in [6.45, 7) is 11.3. The molecule has 1 aromatic rings. The van der Waals surface area contributed by atoms with Gasteiger partial charge in [-0.2, -0.15) is 0 Å². The van der Waals surface area contributed by atoms with Crippen molar-refractivity contribution in [3.05, 3.63) is 35.9 Å². The number of nitrogens with zero attached hydrogens (tertiary/aromatic N) is 2. The molecule has 1 aliphatic heterocycles. The third-order valence-corrected chi connectivity index (χ3v) is 3.60. The molecular weight excluding hydrogens is 335 g/mol. The molecular formula is C15H25IN2. The molecule has 2 nitrogen and oxygen atoms in total. The van der Waals surface area contributed by atoms with E-state index in [2.05, 4.69) is 62.7 Å². The summed E-state index contributed by atoms with van der Waals surface area (Å²) in [4.78, 5) is 5.12. The Kier molecular flexibility index (Phi) is 8.63. The molecule has 18 heavy (non-hydrogen) atoms. The van der Waals surface area contributed by atoms with Crippen LogP contribution in [0.1, 0.15) is 19.4 Å². The highest BCUT2D eigenvalue weighted by atomic mass is 127. The quantitative estimate of drug-likeness (QED) is 0.601. The molecule has 102 valence electrons. The molecule has 0 bridgehead atoms. The van der Waals surface area contributed by atoms with Gasteiger partial charge in [0.25, 0.3) is 0 Å². The Labute approximate surface area is 125 Å². The van der Waals surface area contributed by atoms with Gasteiger partial charge < -0.3 is 4.90 Å². The number of hydrogen-bond acceptors (Lipinski definition) is 2. The van der Waals surface area contributed by atoms with Crippen molar-refractivity contribution >= 4 is 22.6 Å². The van der Waals surface area contributed by atoms with Gasteiger partial charge in [0.1, 0.15) is 0 Å². The summed E-state index contributed by atoms with van der Waals surface area (Å²) in [6.07, 6.45) is 0. The SMILES string of the molecule is CC.ICCN1CCN(Cc2ccccc2)CC1. The van der Waals surface area contributed by atoms with E-state index in [1.165, 1.54) is 42.7 Å². The van der Waals surface area contributed by atoms with Crippen molar-refractivity contribution in [1.82, 2.24) is 9.80 Å². The molecule has 0 saturated carbocycles. The summed E-state index contributed by atoms with van der Waals surface area (Å²) < 4.78 is 1.25. The normalized spacial score (nSPS) is 17.1. The maximum atomic E-state index is 2.56. The Morgan fingerprint density at radius 2 is 1.50 bits per heavy atom. The van der Waals surface area contributed by atoms with E-state index < -0.39 is 0 Å². The average molecular weight is 360 g/mol. The van der Waals surface area contributed by atoms with E-state index in [0.29, 0.717) is 0 Å². The number of rotatable bonds is 4. The van der Waals surface area contributed by atoms with Crippen molar-refractivity contribution in [2.75, 3.05) is 37.2 Å². The lowest BCUT2D eigenvalue weighted by Gasteiger charge is -2.34. The molecule has 1 aliphatic rings. The second kappa shape index (κ2) is 9.75. The van der Waals surface area contributed by atoms with Gasteiger partial charge in [-0.05, 0) is 5.56 Å². The first kappa shape index (κ1) is 15.9. The Morgan fingerprint density at radius 3 is 2.06 bits per heavy atom. The number of halogens is 1. The van der Waals surface area contributed by atoms with Crippen molar-refractivity contribution < 1.29 is 0 Å². The van der Waals surface area contributed by atoms with Crippen LogP contribution in [-0.2, 0) is 6.54 Å².